The van der Waals surface area contributed by atoms with Crippen LogP contribution in [0.5, 0.6) is 17.2 Å². The second kappa shape index (κ2) is 7.73. The van der Waals surface area contributed by atoms with Crippen molar-refractivity contribution in [2.45, 2.75) is 19.3 Å². The molecule has 4 heterocycles. The monoisotopic (exact) mass is 469 g/mol. The van der Waals surface area contributed by atoms with Gasteiger partial charge in [0.1, 0.15) is 28.8 Å². The van der Waals surface area contributed by atoms with E-state index in [9.17, 15) is 14.4 Å². The van der Waals surface area contributed by atoms with E-state index in [-0.39, 0.29) is 35.0 Å². The molecule has 174 valence electrons. The zero-order chi connectivity index (χ0) is 24.3. The minimum Gasteiger partial charge on any atom is -0.497 e. The molecular weight excluding hydrogens is 450 g/mol. The van der Waals surface area contributed by atoms with Gasteiger partial charge in [-0.1, -0.05) is 0 Å². The van der Waals surface area contributed by atoms with Crippen molar-refractivity contribution in [3.8, 4) is 17.2 Å². The van der Waals surface area contributed by atoms with E-state index >= 15 is 0 Å². The van der Waals surface area contributed by atoms with Gasteiger partial charge in [0.25, 0.3) is 5.56 Å². The summed E-state index contributed by atoms with van der Waals surface area (Å²) in [5.41, 5.74) is 1.47. The number of H-pyrrole nitrogens is 1. The number of aromatic amines is 1. The second-order valence-electron chi connectivity index (χ2n) is 8.48. The van der Waals surface area contributed by atoms with Gasteiger partial charge in [-0.05, 0) is 54.8 Å². The van der Waals surface area contributed by atoms with Crippen molar-refractivity contribution < 1.29 is 28.2 Å². The zero-order valence-electron chi connectivity index (χ0n) is 18.8. The number of furan rings is 1. The van der Waals surface area contributed by atoms with Crippen LogP contribution >= 0.6 is 0 Å². The summed E-state index contributed by atoms with van der Waals surface area (Å²) >= 11 is 0. The fourth-order valence-corrected chi connectivity index (χ4v) is 4.61. The summed E-state index contributed by atoms with van der Waals surface area (Å²) in [6, 6.07) is 13.8. The molecule has 0 amide bonds. The number of carbonyl (C=O) groups excluding carboxylic acids is 2. The first kappa shape index (κ1) is 21.0. The number of hydrogen-bond donors (Lipinski definition) is 1. The Morgan fingerprint density at radius 1 is 1.03 bits per heavy atom. The quantitative estimate of drug-likeness (QED) is 0.267. The molecule has 8 nitrogen and oxygen atoms in total. The van der Waals surface area contributed by atoms with Crippen molar-refractivity contribution in [1.82, 2.24) is 4.98 Å². The minimum atomic E-state index is -0.658. The molecule has 4 aromatic rings. The van der Waals surface area contributed by atoms with E-state index in [1.807, 2.05) is 6.07 Å². The Kier molecular flexibility index (Phi) is 4.63. The Labute approximate surface area is 198 Å². The highest BCUT2D eigenvalue weighted by Crippen LogP contribution is 2.48. The molecule has 2 aliphatic heterocycles. The van der Waals surface area contributed by atoms with Crippen LogP contribution < -0.4 is 19.8 Å². The lowest BCUT2D eigenvalue weighted by atomic mass is 9.85. The van der Waals surface area contributed by atoms with E-state index < -0.39 is 11.9 Å². The Morgan fingerprint density at radius 2 is 1.89 bits per heavy atom. The number of esters is 1. The number of methoxy groups -OCH3 is 1. The maximum atomic E-state index is 13.1. The van der Waals surface area contributed by atoms with Crippen LogP contribution in [0.3, 0.4) is 0 Å². The molecule has 0 aliphatic carbocycles. The number of ketones is 1. The van der Waals surface area contributed by atoms with Gasteiger partial charge in [0.15, 0.2) is 5.76 Å². The highest BCUT2D eigenvalue weighted by atomic mass is 16.5. The highest BCUT2D eigenvalue weighted by molar-refractivity contribution is 6.15. The Morgan fingerprint density at radius 3 is 2.66 bits per heavy atom. The van der Waals surface area contributed by atoms with Gasteiger partial charge >= 0.3 is 5.97 Å². The van der Waals surface area contributed by atoms with Gasteiger partial charge in [-0.25, -0.2) is 0 Å². The molecule has 0 saturated heterocycles. The van der Waals surface area contributed by atoms with Crippen LogP contribution in [0.4, 0.5) is 0 Å². The molecule has 2 aliphatic rings. The normalized spacial score (nSPS) is 17.8. The molecule has 1 N–H and O–H groups in total. The number of aryl methyl sites for hydroxylation is 1. The Balaban J connectivity index is 1.49. The van der Waals surface area contributed by atoms with Crippen molar-refractivity contribution in [1.29, 1.82) is 0 Å². The highest BCUT2D eigenvalue weighted by Gasteiger charge is 2.39. The van der Waals surface area contributed by atoms with Crippen LogP contribution in [-0.4, -0.2) is 23.8 Å². The van der Waals surface area contributed by atoms with Crippen molar-refractivity contribution in [3.05, 3.63) is 92.9 Å². The topological polar surface area (TPSA) is 108 Å². The van der Waals surface area contributed by atoms with Gasteiger partial charge < -0.3 is 23.6 Å². The minimum absolute atomic E-state index is 0.0673. The van der Waals surface area contributed by atoms with Gasteiger partial charge in [-0.15, -0.1) is 0 Å². The van der Waals surface area contributed by atoms with Crippen LogP contribution in [0.15, 0.2) is 63.5 Å². The zero-order valence-corrected chi connectivity index (χ0v) is 18.8. The first-order chi connectivity index (χ1) is 16.9. The molecule has 0 saturated carbocycles. The molecule has 0 bridgehead atoms. The average Bonchev–Trinajstić information content (AvgIpc) is 3.39. The Bertz CT molecular complexity index is 1640. The maximum absolute atomic E-state index is 13.1. The maximum Gasteiger partial charge on any atom is 0.312 e. The lowest BCUT2D eigenvalue weighted by molar-refractivity contribution is -0.135. The summed E-state index contributed by atoms with van der Waals surface area (Å²) in [6.07, 6.45) is 1.46. The summed E-state index contributed by atoms with van der Waals surface area (Å²) in [4.78, 5) is 41.6. The fourth-order valence-electron chi connectivity index (χ4n) is 4.61. The number of benzene rings is 2. The van der Waals surface area contributed by atoms with Crippen molar-refractivity contribution in [2.75, 3.05) is 7.11 Å². The summed E-state index contributed by atoms with van der Waals surface area (Å²) in [6.45, 7) is 1.81. The van der Waals surface area contributed by atoms with Gasteiger partial charge in [-0.3, -0.25) is 14.4 Å². The van der Waals surface area contributed by atoms with Gasteiger partial charge in [0.2, 0.25) is 5.78 Å². The third-order valence-electron chi connectivity index (χ3n) is 6.27. The fraction of sp³-hybridized carbons (Fsp3) is 0.148. The molecule has 35 heavy (non-hydrogen) atoms. The van der Waals surface area contributed by atoms with Crippen LogP contribution in [-0.2, 0) is 4.79 Å². The SMILES string of the molecule is COc1ccc2cc([C@H]3CC(=O)Oc4ccc5c(c43)O/C(=C\c3ccc(C)o3)C5=O)c(=O)[nH]c2c1. The van der Waals surface area contributed by atoms with Gasteiger partial charge in [0.05, 0.1) is 24.6 Å². The van der Waals surface area contributed by atoms with Crippen molar-refractivity contribution >= 4 is 28.7 Å². The van der Waals surface area contributed by atoms with E-state index in [4.69, 9.17) is 18.6 Å². The molecule has 0 unspecified atom stereocenters. The number of rotatable bonds is 3. The predicted octanol–water partition coefficient (Wildman–Crippen LogP) is 4.50. The number of aromatic nitrogens is 1. The summed E-state index contributed by atoms with van der Waals surface area (Å²) in [5, 5.41) is 0.777. The number of ether oxygens (including phenoxy) is 3. The van der Waals surface area contributed by atoms with E-state index in [1.54, 1.807) is 56.5 Å². The lowest BCUT2D eigenvalue weighted by Gasteiger charge is -2.26. The largest absolute Gasteiger partial charge is 0.497 e. The van der Waals surface area contributed by atoms with Crippen molar-refractivity contribution in [2.24, 2.45) is 0 Å². The number of allylic oxidation sites excluding steroid dienone is 1. The molecular formula is C27H19NO7. The summed E-state index contributed by atoms with van der Waals surface area (Å²) in [5.74, 6) is 1.01. The van der Waals surface area contributed by atoms with Crippen LogP contribution in [0.25, 0.3) is 17.0 Å². The summed E-state index contributed by atoms with van der Waals surface area (Å²) in [7, 11) is 1.55. The van der Waals surface area contributed by atoms with Crippen LogP contribution in [0, 0.1) is 6.92 Å². The lowest BCUT2D eigenvalue weighted by Crippen LogP contribution is -2.26. The third kappa shape index (κ3) is 3.42. The first-order valence-corrected chi connectivity index (χ1v) is 11.0. The number of carbonyl (C=O) groups is 2. The number of pyridine rings is 1. The predicted molar refractivity (Wildman–Crippen MR) is 126 cm³/mol. The molecule has 1 atom stereocenters. The third-order valence-corrected chi connectivity index (χ3v) is 6.27. The average molecular weight is 469 g/mol. The Hall–Kier alpha value is -4.59. The molecule has 0 fully saturated rings. The van der Waals surface area contributed by atoms with E-state index in [0.717, 1.165) is 5.39 Å². The number of fused-ring (bicyclic) bond motifs is 4. The smallest absolute Gasteiger partial charge is 0.312 e. The van der Waals surface area contributed by atoms with E-state index in [2.05, 4.69) is 4.98 Å². The first-order valence-electron chi connectivity index (χ1n) is 11.0. The molecule has 0 spiro atoms. The standard InChI is InChI=1S/C27H19NO7/c1-13-3-5-16(33-13)11-22-25(30)17-7-8-21-24(26(17)35-22)18(12-23(29)34-21)19-9-14-4-6-15(32-2)10-20(14)28-27(19)31/h3-11,18H,12H2,1-2H3,(H,28,31)/b22-11-/t18-/m1/s1. The molecule has 6 rings (SSSR count). The molecule has 8 heteroatoms. The van der Waals surface area contributed by atoms with Gasteiger partial charge in [-0.2, -0.15) is 0 Å². The molecule has 2 aromatic carbocycles. The molecule has 0 radical (unpaired) electrons. The van der Waals surface area contributed by atoms with Gasteiger partial charge in [0, 0.05) is 29.2 Å². The van der Waals surface area contributed by atoms with Crippen molar-refractivity contribution in [3.63, 3.8) is 0 Å². The molecule has 2 aromatic heterocycles. The second-order valence-corrected chi connectivity index (χ2v) is 8.48. The summed E-state index contributed by atoms with van der Waals surface area (Å²) < 4.78 is 22.3. The van der Waals surface area contributed by atoms with Crippen LogP contribution in [0.2, 0.25) is 0 Å². The van der Waals surface area contributed by atoms with Crippen LogP contribution in [0.1, 0.15) is 45.3 Å². The number of nitrogens with one attached hydrogen (secondary N) is 1. The number of Topliss-reactive ketones (excluding diaryl/α,β-unsaturated/α-hetero) is 1. The van der Waals surface area contributed by atoms with E-state index in [1.165, 1.54) is 6.08 Å². The number of hydrogen-bond acceptors (Lipinski definition) is 7. The van der Waals surface area contributed by atoms with E-state index in [0.29, 0.717) is 39.5 Å².